The van der Waals surface area contributed by atoms with Crippen LogP contribution in [-0.4, -0.2) is 24.1 Å². The molecule has 0 amide bonds. The molecule has 10 aromatic carbocycles. The fourth-order valence-corrected chi connectivity index (χ4v) is 9.89. The first-order chi connectivity index (χ1) is 30.8. The van der Waals surface area contributed by atoms with Gasteiger partial charge in [0, 0.05) is 32.7 Å². The number of benzene rings is 10. The zero-order valence-electron chi connectivity index (χ0n) is 33.4. The summed E-state index contributed by atoms with van der Waals surface area (Å²) in [6.07, 6.45) is 0. The van der Waals surface area contributed by atoms with Crippen LogP contribution in [0.25, 0.3) is 121 Å². The van der Waals surface area contributed by atoms with Gasteiger partial charge >= 0.3 is 0 Å². The molecule has 0 fully saturated rings. The summed E-state index contributed by atoms with van der Waals surface area (Å²) >= 11 is 0. The van der Waals surface area contributed by atoms with Gasteiger partial charge in [-0.15, -0.1) is 0 Å². The topological polar surface area (TPSA) is 48.5 Å². The van der Waals surface area contributed by atoms with Crippen LogP contribution in [0.1, 0.15) is 0 Å². The number of hydrogen-bond donors (Lipinski definition) is 0. The molecule has 0 N–H and O–H groups in total. The molecule has 62 heavy (non-hydrogen) atoms. The van der Waals surface area contributed by atoms with Gasteiger partial charge in [0.2, 0.25) is 5.95 Å². The van der Waals surface area contributed by atoms with Crippen LogP contribution in [0.4, 0.5) is 0 Å². The molecule has 0 saturated heterocycles. The second kappa shape index (κ2) is 13.6. The Morgan fingerprint density at radius 3 is 1.44 bits per heavy atom. The minimum atomic E-state index is 0.557. The zero-order valence-corrected chi connectivity index (χ0v) is 33.4. The third-order valence-electron chi connectivity index (χ3n) is 12.6. The maximum absolute atomic E-state index is 5.49. The molecule has 288 valence electrons. The second-order valence-corrected chi connectivity index (χ2v) is 15.9. The molecule has 13 aromatic rings. The SMILES string of the molecule is c1ccc(-c2cccc3c2c2ccccc2n3-c2nc(-c3ccc4c5ccccc5c5ccccc5c4c3)nc(-c3ccccc3-n3c4ccccc4c4ccccc43)n2)cc1. The van der Waals surface area contributed by atoms with Crippen molar-refractivity contribution in [2.45, 2.75) is 0 Å². The van der Waals surface area contributed by atoms with Crippen molar-refractivity contribution in [2.75, 3.05) is 0 Å². The molecule has 0 spiro atoms. The van der Waals surface area contributed by atoms with Crippen LogP contribution < -0.4 is 0 Å². The standard InChI is InChI=1S/C57H35N5/c1-2-17-36(18-3-1)38-27-16-32-53-54(38)46-25-10-14-30-51(46)62(53)57-59-55(37-33-34-43-41-21-5-4-19-39(41)40-20-6-7-22-42(40)48(43)35-37)58-56(60-57)47-26-11-15-31-52(47)61-49-28-12-8-23-44(49)45-24-9-13-29-50(45)61/h1-35H. The van der Waals surface area contributed by atoms with Crippen LogP contribution in [-0.2, 0) is 0 Å². The van der Waals surface area contributed by atoms with Crippen molar-refractivity contribution in [3.8, 4) is 45.5 Å². The number of nitrogens with zero attached hydrogens (tertiary/aromatic N) is 5. The number of fused-ring (bicyclic) bond motifs is 12. The Kier molecular flexibility index (Phi) is 7.54. The van der Waals surface area contributed by atoms with Crippen molar-refractivity contribution in [2.24, 2.45) is 0 Å². The summed E-state index contributed by atoms with van der Waals surface area (Å²) in [5.41, 5.74) is 9.46. The van der Waals surface area contributed by atoms with Crippen LogP contribution in [0.15, 0.2) is 212 Å². The van der Waals surface area contributed by atoms with Crippen molar-refractivity contribution in [1.29, 1.82) is 0 Å². The van der Waals surface area contributed by atoms with Gasteiger partial charge in [-0.25, -0.2) is 4.98 Å². The molecular weight excluding hydrogens is 755 g/mol. The van der Waals surface area contributed by atoms with E-state index in [-0.39, 0.29) is 0 Å². The number of hydrogen-bond acceptors (Lipinski definition) is 3. The first kappa shape index (κ1) is 34.5. The van der Waals surface area contributed by atoms with Crippen LogP contribution in [0.3, 0.4) is 0 Å². The molecule has 3 aromatic heterocycles. The Bertz CT molecular complexity index is 3850. The van der Waals surface area contributed by atoms with Gasteiger partial charge in [0.05, 0.1) is 27.8 Å². The molecule has 13 rings (SSSR count). The number of aromatic nitrogens is 5. The van der Waals surface area contributed by atoms with Crippen LogP contribution in [0.2, 0.25) is 0 Å². The number of para-hydroxylation sites is 4. The molecule has 0 aliphatic heterocycles. The van der Waals surface area contributed by atoms with Gasteiger partial charge in [-0.1, -0.05) is 170 Å². The molecule has 0 unspecified atom stereocenters. The van der Waals surface area contributed by atoms with Gasteiger partial charge in [0.15, 0.2) is 11.6 Å². The molecule has 3 heterocycles. The van der Waals surface area contributed by atoms with Crippen molar-refractivity contribution in [3.63, 3.8) is 0 Å². The molecule has 5 nitrogen and oxygen atoms in total. The lowest BCUT2D eigenvalue weighted by Gasteiger charge is -2.16. The predicted octanol–water partition coefficient (Wildman–Crippen LogP) is 14.5. The van der Waals surface area contributed by atoms with Gasteiger partial charge in [0.25, 0.3) is 0 Å². The summed E-state index contributed by atoms with van der Waals surface area (Å²) in [5.74, 6) is 1.75. The lowest BCUT2D eigenvalue weighted by molar-refractivity contribution is 0.952. The Morgan fingerprint density at radius 1 is 0.274 bits per heavy atom. The molecule has 0 saturated carbocycles. The Balaban J connectivity index is 1.12. The zero-order chi connectivity index (χ0) is 40.7. The van der Waals surface area contributed by atoms with Gasteiger partial charge in [-0.3, -0.25) is 4.57 Å². The average Bonchev–Trinajstić information content (AvgIpc) is 3.87. The summed E-state index contributed by atoms with van der Waals surface area (Å²) in [6, 6.07) is 75.5. The van der Waals surface area contributed by atoms with E-state index < -0.39 is 0 Å². The smallest absolute Gasteiger partial charge is 0.238 e. The molecule has 5 heteroatoms. The summed E-state index contributed by atoms with van der Waals surface area (Å²) in [7, 11) is 0. The average molecular weight is 790 g/mol. The van der Waals surface area contributed by atoms with Crippen LogP contribution in [0, 0.1) is 0 Å². The molecule has 0 radical (unpaired) electrons. The van der Waals surface area contributed by atoms with E-state index >= 15 is 0 Å². The highest BCUT2D eigenvalue weighted by Gasteiger charge is 2.23. The Hall–Kier alpha value is -8.41. The summed E-state index contributed by atoms with van der Waals surface area (Å²) < 4.78 is 4.57. The van der Waals surface area contributed by atoms with E-state index in [2.05, 4.69) is 221 Å². The van der Waals surface area contributed by atoms with Crippen molar-refractivity contribution in [3.05, 3.63) is 212 Å². The van der Waals surface area contributed by atoms with E-state index in [9.17, 15) is 0 Å². The molecule has 0 bridgehead atoms. The fraction of sp³-hybridized carbons (Fsp3) is 0. The highest BCUT2D eigenvalue weighted by molar-refractivity contribution is 6.25. The highest BCUT2D eigenvalue weighted by Crippen LogP contribution is 2.41. The van der Waals surface area contributed by atoms with Crippen molar-refractivity contribution < 1.29 is 0 Å². The second-order valence-electron chi connectivity index (χ2n) is 15.9. The first-order valence-electron chi connectivity index (χ1n) is 21.0. The summed E-state index contributed by atoms with van der Waals surface area (Å²) in [4.78, 5) is 16.4. The maximum Gasteiger partial charge on any atom is 0.238 e. The van der Waals surface area contributed by atoms with E-state index in [1.807, 2.05) is 0 Å². The van der Waals surface area contributed by atoms with E-state index in [1.165, 1.54) is 37.7 Å². The van der Waals surface area contributed by atoms with Crippen molar-refractivity contribution >= 4 is 75.9 Å². The van der Waals surface area contributed by atoms with Gasteiger partial charge in [-0.2, -0.15) is 9.97 Å². The molecule has 0 aliphatic rings. The van der Waals surface area contributed by atoms with Gasteiger partial charge < -0.3 is 4.57 Å². The Labute approximate surface area is 356 Å². The van der Waals surface area contributed by atoms with Crippen LogP contribution >= 0.6 is 0 Å². The quantitative estimate of drug-likeness (QED) is 0.163. The monoisotopic (exact) mass is 789 g/mol. The summed E-state index contributed by atoms with van der Waals surface area (Å²) in [5, 5.41) is 12.0. The van der Waals surface area contributed by atoms with E-state index in [0.717, 1.165) is 66.2 Å². The third-order valence-corrected chi connectivity index (χ3v) is 12.6. The lowest BCUT2D eigenvalue weighted by Crippen LogP contribution is -2.08. The maximum atomic E-state index is 5.49. The molecule has 0 atom stereocenters. The van der Waals surface area contributed by atoms with E-state index in [0.29, 0.717) is 17.6 Å². The molecular formula is C57H35N5. The molecule has 0 aliphatic carbocycles. The van der Waals surface area contributed by atoms with Gasteiger partial charge in [-0.05, 0) is 85.9 Å². The minimum absolute atomic E-state index is 0.557. The minimum Gasteiger partial charge on any atom is -0.309 e. The summed E-state index contributed by atoms with van der Waals surface area (Å²) in [6.45, 7) is 0. The normalized spacial score (nSPS) is 11.9. The van der Waals surface area contributed by atoms with E-state index in [1.54, 1.807) is 0 Å². The first-order valence-corrected chi connectivity index (χ1v) is 21.0. The van der Waals surface area contributed by atoms with Crippen molar-refractivity contribution in [1.82, 2.24) is 24.1 Å². The van der Waals surface area contributed by atoms with Gasteiger partial charge in [0.1, 0.15) is 0 Å². The Morgan fingerprint density at radius 2 is 0.758 bits per heavy atom. The number of rotatable bonds is 5. The lowest BCUT2D eigenvalue weighted by atomic mass is 9.93. The fourth-order valence-electron chi connectivity index (χ4n) is 9.89. The predicted molar refractivity (Wildman–Crippen MR) is 257 cm³/mol. The largest absolute Gasteiger partial charge is 0.309 e. The van der Waals surface area contributed by atoms with E-state index in [4.69, 9.17) is 15.0 Å². The highest BCUT2D eigenvalue weighted by atomic mass is 15.2. The van der Waals surface area contributed by atoms with Crippen LogP contribution in [0.5, 0.6) is 0 Å². The third kappa shape index (κ3) is 5.12.